The van der Waals surface area contributed by atoms with Gasteiger partial charge in [0.1, 0.15) is 5.82 Å². The van der Waals surface area contributed by atoms with Crippen molar-refractivity contribution in [1.29, 1.82) is 0 Å². The highest BCUT2D eigenvalue weighted by molar-refractivity contribution is 5.37. The van der Waals surface area contributed by atoms with E-state index in [1.165, 1.54) is 0 Å². The van der Waals surface area contributed by atoms with Crippen molar-refractivity contribution in [3.63, 3.8) is 0 Å². The van der Waals surface area contributed by atoms with E-state index in [-0.39, 0.29) is 12.1 Å². The molecule has 0 bridgehead atoms. The highest BCUT2D eigenvalue weighted by Crippen LogP contribution is 2.09. The molecule has 4 heteroatoms. The maximum atomic E-state index is 9.10. The number of anilines is 1. The molecule has 0 aliphatic heterocycles. The van der Waals surface area contributed by atoms with Gasteiger partial charge in [0.05, 0.1) is 6.61 Å². The molecule has 1 rings (SSSR count). The SMILES string of the molecule is CN(C)c1ccc(CNC(C)(C)CO)cn1. The summed E-state index contributed by atoms with van der Waals surface area (Å²) in [5, 5.41) is 12.4. The van der Waals surface area contributed by atoms with Gasteiger partial charge in [-0.25, -0.2) is 4.98 Å². The standard InChI is InChI=1S/C12H21N3O/c1-12(2,9-16)14-8-10-5-6-11(13-7-10)15(3)4/h5-7,14,16H,8-9H2,1-4H3. The third kappa shape index (κ3) is 3.79. The second kappa shape index (κ2) is 5.27. The lowest BCUT2D eigenvalue weighted by atomic mass is 10.1. The Morgan fingerprint density at radius 1 is 1.38 bits per heavy atom. The van der Waals surface area contributed by atoms with E-state index in [9.17, 15) is 0 Å². The second-order valence-corrected chi connectivity index (χ2v) is 4.81. The number of hydrogen-bond donors (Lipinski definition) is 2. The molecule has 0 saturated heterocycles. The summed E-state index contributed by atoms with van der Waals surface area (Å²) in [6.45, 7) is 4.77. The second-order valence-electron chi connectivity index (χ2n) is 4.81. The lowest BCUT2D eigenvalue weighted by molar-refractivity contribution is 0.187. The van der Waals surface area contributed by atoms with Crippen molar-refractivity contribution in [2.24, 2.45) is 0 Å². The van der Waals surface area contributed by atoms with Gasteiger partial charge in [-0.05, 0) is 25.5 Å². The van der Waals surface area contributed by atoms with Gasteiger partial charge in [-0.15, -0.1) is 0 Å². The molecule has 0 aliphatic carbocycles. The van der Waals surface area contributed by atoms with Crippen LogP contribution in [0, 0.1) is 0 Å². The van der Waals surface area contributed by atoms with Crippen molar-refractivity contribution in [2.75, 3.05) is 25.6 Å². The fraction of sp³-hybridized carbons (Fsp3) is 0.583. The third-order valence-corrected chi connectivity index (χ3v) is 2.43. The van der Waals surface area contributed by atoms with E-state index >= 15 is 0 Å². The van der Waals surface area contributed by atoms with Crippen molar-refractivity contribution < 1.29 is 5.11 Å². The summed E-state index contributed by atoms with van der Waals surface area (Å²) in [6.07, 6.45) is 1.86. The van der Waals surface area contributed by atoms with E-state index in [0.29, 0.717) is 6.54 Å². The lowest BCUT2D eigenvalue weighted by Gasteiger charge is -2.23. The summed E-state index contributed by atoms with van der Waals surface area (Å²) in [7, 11) is 3.93. The highest BCUT2D eigenvalue weighted by Gasteiger charge is 2.14. The largest absolute Gasteiger partial charge is 0.394 e. The Labute approximate surface area is 97.3 Å². The summed E-state index contributed by atoms with van der Waals surface area (Å²) < 4.78 is 0. The highest BCUT2D eigenvalue weighted by atomic mass is 16.3. The van der Waals surface area contributed by atoms with Gasteiger partial charge in [0, 0.05) is 32.4 Å². The topological polar surface area (TPSA) is 48.4 Å². The Hall–Kier alpha value is -1.13. The molecule has 0 fully saturated rings. The van der Waals surface area contributed by atoms with Crippen LogP contribution in [-0.2, 0) is 6.54 Å². The van der Waals surface area contributed by atoms with Crippen LogP contribution in [0.3, 0.4) is 0 Å². The van der Waals surface area contributed by atoms with Crippen molar-refractivity contribution in [3.8, 4) is 0 Å². The molecule has 0 aromatic carbocycles. The first-order valence-electron chi connectivity index (χ1n) is 5.43. The molecule has 0 unspecified atom stereocenters. The zero-order valence-electron chi connectivity index (χ0n) is 10.5. The van der Waals surface area contributed by atoms with Crippen LogP contribution in [-0.4, -0.2) is 36.3 Å². The number of aromatic nitrogens is 1. The fourth-order valence-electron chi connectivity index (χ4n) is 1.18. The fourth-order valence-corrected chi connectivity index (χ4v) is 1.18. The molecule has 0 amide bonds. The van der Waals surface area contributed by atoms with Crippen LogP contribution in [0.15, 0.2) is 18.3 Å². The van der Waals surface area contributed by atoms with E-state index < -0.39 is 0 Å². The Morgan fingerprint density at radius 2 is 2.06 bits per heavy atom. The van der Waals surface area contributed by atoms with Gasteiger partial charge in [-0.1, -0.05) is 6.07 Å². The van der Waals surface area contributed by atoms with Gasteiger partial charge in [0.25, 0.3) is 0 Å². The molecule has 1 heterocycles. The normalized spacial score (nSPS) is 11.6. The zero-order chi connectivity index (χ0) is 12.2. The first-order chi connectivity index (χ1) is 7.44. The van der Waals surface area contributed by atoms with Crippen LogP contribution in [0.25, 0.3) is 0 Å². The minimum Gasteiger partial charge on any atom is -0.394 e. The maximum absolute atomic E-state index is 9.10. The number of rotatable bonds is 5. The summed E-state index contributed by atoms with van der Waals surface area (Å²) in [5.74, 6) is 0.949. The van der Waals surface area contributed by atoms with Crippen LogP contribution >= 0.6 is 0 Å². The molecule has 2 N–H and O–H groups in total. The Bertz CT molecular complexity index is 320. The first-order valence-corrected chi connectivity index (χ1v) is 5.43. The summed E-state index contributed by atoms with van der Waals surface area (Å²) in [4.78, 5) is 6.30. The van der Waals surface area contributed by atoms with Crippen LogP contribution in [0.5, 0.6) is 0 Å². The summed E-state index contributed by atoms with van der Waals surface area (Å²) >= 11 is 0. The summed E-state index contributed by atoms with van der Waals surface area (Å²) in [5.41, 5.74) is 0.868. The number of aliphatic hydroxyl groups excluding tert-OH is 1. The smallest absolute Gasteiger partial charge is 0.127 e. The molecular weight excluding hydrogens is 202 g/mol. The zero-order valence-corrected chi connectivity index (χ0v) is 10.5. The Kier molecular flexibility index (Phi) is 4.26. The quantitative estimate of drug-likeness (QED) is 0.782. The predicted octanol–water partition coefficient (Wildman–Crippen LogP) is 1.01. The number of aliphatic hydroxyl groups is 1. The van der Waals surface area contributed by atoms with E-state index in [0.717, 1.165) is 11.4 Å². The predicted molar refractivity (Wildman–Crippen MR) is 66.6 cm³/mol. The number of nitrogens with one attached hydrogen (secondary N) is 1. The third-order valence-electron chi connectivity index (χ3n) is 2.43. The van der Waals surface area contributed by atoms with E-state index in [2.05, 4.69) is 10.3 Å². The van der Waals surface area contributed by atoms with Gasteiger partial charge in [-0.2, -0.15) is 0 Å². The molecule has 4 nitrogen and oxygen atoms in total. The first kappa shape index (κ1) is 12.9. The van der Waals surface area contributed by atoms with Gasteiger partial charge in [0.15, 0.2) is 0 Å². The van der Waals surface area contributed by atoms with Gasteiger partial charge in [0.2, 0.25) is 0 Å². The lowest BCUT2D eigenvalue weighted by Crippen LogP contribution is -2.42. The average Bonchev–Trinajstić information content (AvgIpc) is 2.27. The van der Waals surface area contributed by atoms with Crippen LogP contribution in [0.1, 0.15) is 19.4 Å². The number of pyridine rings is 1. The van der Waals surface area contributed by atoms with Crippen molar-refractivity contribution >= 4 is 5.82 Å². The van der Waals surface area contributed by atoms with Gasteiger partial charge >= 0.3 is 0 Å². The average molecular weight is 223 g/mol. The molecule has 1 aromatic heterocycles. The number of hydrogen-bond acceptors (Lipinski definition) is 4. The molecular formula is C12H21N3O. The number of nitrogens with zero attached hydrogens (tertiary/aromatic N) is 2. The minimum absolute atomic E-state index is 0.121. The van der Waals surface area contributed by atoms with Crippen LogP contribution < -0.4 is 10.2 Å². The molecule has 0 saturated carbocycles. The van der Waals surface area contributed by atoms with E-state index in [1.54, 1.807) is 0 Å². The molecule has 0 spiro atoms. The molecule has 1 aromatic rings. The van der Waals surface area contributed by atoms with Crippen molar-refractivity contribution in [1.82, 2.24) is 10.3 Å². The Balaban J connectivity index is 2.56. The molecule has 0 aliphatic rings. The van der Waals surface area contributed by atoms with Crippen LogP contribution in [0.2, 0.25) is 0 Å². The monoisotopic (exact) mass is 223 g/mol. The van der Waals surface area contributed by atoms with Gasteiger partial charge < -0.3 is 15.3 Å². The molecule has 90 valence electrons. The van der Waals surface area contributed by atoms with Crippen molar-refractivity contribution in [3.05, 3.63) is 23.9 Å². The van der Waals surface area contributed by atoms with E-state index in [1.807, 2.05) is 51.2 Å². The van der Waals surface area contributed by atoms with Crippen molar-refractivity contribution in [2.45, 2.75) is 25.9 Å². The van der Waals surface area contributed by atoms with Crippen LogP contribution in [0.4, 0.5) is 5.82 Å². The van der Waals surface area contributed by atoms with E-state index in [4.69, 9.17) is 5.11 Å². The molecule has 0 radical (unpaired) electrons. The molecule has 16 heavy (non-hydrogen) atoms. The maximum Gasteiger partial charge on any atom is 0.127 e. The Morgan fingerprint density at radius 3 is 2.50 bits per heavy atom. The summed E-state index contributed by atoms with van der Waals surface area (Å²) in [6, 6.07) is 4.03. The molecule has 0 atom stereocenters. The minimum atomic E-state index is -0.250. The van der Waals surface area contributed by atoms with Gasteiger partial charge in [-0.3, -0.25) is 0 Å².